The molecule has 1 saturated carbocycles. The van der Waals surface area contributed by atoms with E-state index in [1.165, 1.54) is 28.8 Å². The molecule has 0 N–H and O–H groups in total. The Morgan fingerprint density at radius 2 is 1.73 bits per heavy atom. The van der Waals surface area contributed by atoms with Gasteiger partial charge in [0.2, 0.25) is 0 Å². The van der Waals surface area contributed by atoms with Crippen molar-refractivity contribution in [2.75, 3.05) is 0 Å². The van der Waals surface area contributed by atoms with E-state index in [4.69, 9.17) is 4.42 Å². The van der Waals surface area contributed by atoms with Gasteiger partial charge in [0.15, 0.2) is 0 Å². The molecule has 1 fully saturated rings. The van der Waals surface area contributed by atoms with Gasteiger partial charge in [-0.3, -0.25) is 24.6 Å². The number of thioether (sulfide) groups is 1. The molecule has 0 spiro atoms. The summed E-state index contributed by atoms with van der Waals surface area (Å²) in [6.07, 6.45) is 7.46. The minimum Gasteiger partial charge on any atom is -0.468 e. The number of nitro groups is 1. The zero-order valence-electron chi connectivity index (χ0n) is 16.4. The van der Waals surface area contributed by atoms with Crippen molar-refractivity contribution in [3.05, 3.63) is 69.0 Å². The van der Waals surface area contributed by atoms with E-state index in [0.717, 1.165) is 38.5 Å². The first-order chi connectivity index (χ1) is 14.6. The van der Waals surface area contributed by atoms with Crippen LogP contribution in [0, 0.1) is 10.1 Å². The van der Waals surface area contributed by atoms with Gasteiger partial charge in [-0.2, -0.15) is 0 Å². The Kier molecular flexibility index (Phi) is 6.03. The zero-order valence-corrected chi connectivity index (χ0v) is 17.2. The Hall–Kier alpha value is -2.87. The number of nitrogens with zero attached hydrogens (tertiary/aromatic N) is 2. The molecule has 2 aliphatic rings. The van der Waals surface area contributed by atoms with Gasteiger partial charge in [-0.25, -0.2) is 0 Å². The van der Waals surface area contributed by atoms with Crippen LogP contribution in [0.4, 0.5) is 5.69 Å². The molecule has 0 unspecified atom stereocenters. The summed E-state index contributed by atoms with van der Waals surface area (Å²) in [7, 11) is 0. The third-order valence-corrected chi connectivity index (χ3v) is 6.66. The lowest BCUT2D eigenvalue weighted by atomic mass is 10.0. The van der Waals surface area contributed by atoms with Crippen molar-refractivity contribution in [3.63, 3.8) is 0 Å². The van der Waals surface area contributed by atoms with E-state index in [0.29, 0.717) is 27.6 Å². The van der Waals surface area contributed by atoms with Crippen LogP contribution in [0.3, 0.4) is 0 Å². The van der Waals surface area contributed by atoms with Gasteiger partial charge in [0, 0.05) is 18.2 Å². The number of rotatable bonds is 6. The van der Waals surface area contributed by atoms with E-state index in [1.807, 2.05) is 6.07 Å². The molecule has 0 radical (unpaired) electrons. The number of benzene rings is 1. The van der Waals surface area contributed by atoms with Crippen molar-refractivity contribution in [3.8, 4) is 0 Å². The summed E-state index contributed by atoms with van der Waals surface area (Å²) >= 11 is 1.28. The normalized spacial score (nSPS) is 18.2. The Morgan fingerprint density at radius 1 is 1.03 bits per heavy atom. The van der Waals surface area contributed by atoms with Crippen LogP contribution in [0.25, 0.3) is 5.57 Å². The van der Waals surface area contributed by atoms with Crippen molar-refractivity contribution < 1.29 is 18.9 Å². The third-order valence-electron chi connectivity index (χ3n) is 5.57. The highest BCUT2D eigenvalue weighted by molar-refractivity contribution is 8.03. The highest BCUT2D eigenvalue weighted by Gasteiger charge is 2.42. The summed E-state index contributed by atoms with van der Waals surface area (Å²) in [6.45, 7) is 0. The lowest BCUT2D eigenvalue weighted by Gasteiger charge is -2.25. The second-order valence-electron chi connectivity index (χ2n) is 7.50. The average Bonchev–Trinajstić information content (AvgIpc) is 3.23. The summed E-state index contributed by atoms with van der Waals surface area (Å²) in [5, 5.41) is 11.0. The fourth-order valence-corrected chi connectivity index (χ4v) is 5.07. The third kappa shape index (κ3) is 4.05. The summed E-state index contributed by atoms with van der Waals surface area (Å²) in [5.74, 6) is 0.569. The molecule has 30 heavy (non-hydrogen) atoms. The first-order valence-electron chi connectivity index (χ1n) is 10.1. The van der Waals surface area contributed by atoms with Gasteiger partial charge in [0.05, 0.1) is 27.4 Å². The Labute approximate surface area is 178 Å². The van der Waals surface area contributed by atoms with Crippen molar-refractivity contribution in [2.24, 2.45) is 0 Å². The molecule has 7 nitrogen and oxygen atoms in total. The first-order valence-corrected chi connectivity index (χ1v) is 11.1. The molecular formula is C22H22N2O5S. The monoisotopic (exact) mass is 426 g/mol. The van der Waals surface area contributed by atoms with E-state index >= 15 is 0 Å². The zero-order chi connectivity index (χ0) is 21.1. The van der Waals surface area contributed by atoms with Crippen LogP contribution in [-0.2, 0) is 15.3 Å². The number of amides is 2. The van der Waals surface area contributed by atoms with Crippen LogP contribution in [0.2, 0.25) is 0 Å². The molecule has 156 valence electrons. The predicted molar refractivity (Wildman–Crippen MR) is 113 cm³/mol. The SMILES string of the molecule is O=C1C(SCc2ccco2)=C(c2ccc([N+](=O)[O-])cc2)C(=O)N1C1CCCCCC1. The lowest BCUT2D eigenvalue weighted by Crippen LogP contribution is -2.40. The van der Waals surface area contributed by atoms with Crippen LogP contribution in [-0.4, -0.2) is 27.7 Å². The number of carbonyl (C=O) groups excluding carboxylic acids is 2. The van der Waals surface area contributed by atoms with Crippen LogP contribution in [0.15, 0.2) is 52.0 Å². The largest absolute Gasteiger partial charge is 0.468 e. The number of non-ortho nitro benzene ring substituents is 1. The molecule has 1 aromatic heterocycles. The highest BCUT2D eigenvalue weighted by atomic mass is 32.2. The molecule has 2 aromatic rings. The van der Waals surface area contributed by atoms with Crippen LogP contribution in [0.5, 0.6) is 0 Å². The van der Waals surface area contributed by atoms with E-state index in [1.54, 1.807) is 24.5 Å². The maximum atomic E-state index is 13.4. The van der Waals surface area contributed by atoms with Crippen molar-refractivity contribution in [1.82, 2.24) is 4.90 Å². The summed E-state index contributed by atoms with van der Waals surface area (Å²) in [4.78, 5) is 39.0. The molecule has 2 heterocycles. The van der Waals surface area contributed by atoms with Gasteiger partial charge in [-0.05, 0) is 42.7 Å². The quantitative estimate of drug-likeness (QED) is 0.282. The van der Waals surface area contributed by atoms with Crippen LogP contribution in [0.1, 0.15) is 49.8 Å². The smallest absolute Gasteiger partial charge is 0.269 e. The number of imide groups is 1. The van der Waals surface area contributed by atoms with Gasteiger partial charge in [-0.15, -0.1) is 11.8 Å². The van der Waals surface area contributed by atoms with E-state index in [2.05, 4.69) is 0 Å². The first kappa shape index (κ1) is 20.4. The number of furan rings is 1. The summed E-state index contributed by atoms with van der Waals surface area (Å²) < 4.78 is 5.37. The summed E-state index contributed by atoms with van der Waals surface area (Å²) in [5.41, 5.74) is 0.800. The lowest BCUT2D eigenvalue weighted by molar-refractivity contribution is -0.384. The van der Waals surface area contributed by atoms with Gasteiger partial charge in [0.1, 0.15) is 5.76 Å². The second-order valence-corrected chi connectivity index (χ2v) is 8.49. The number of hydrogen-bond donors (Lipinski definition) is 0. The molecule has 1 aliphatic carbocycles. The molecule has 1 aliphatic heterocycles. The van der Waals surface area contributed by atoms with Crippen molar-refractivity contribution >= 4 is 34.8 Å². The molecule has 1 aromatic carbocycles. The van der Waals surface area contributed by atoms with Gasteiger partial charge >= 0.3 is 0 Å². The van der Waals surface area contributed by atoms with Gasteiger partial charge in [-0.1, -0.05) is 25.7 Å². The maximum Gasteiger partial charge on any atom is 0.269 e. The van der Waals surface area contributed by atoms with Crippen LogP contribution >= 0.6 is 11.8 Å². The number of nitro benzene ring substituents is 1. The fraction of sp³-hybridized carbons (Fsp3) is 0.364. The maximum absolute atomic E-state index is 13.4. The molecular weight excluding hydrogens is 404 g/mol. The minimum absolute atomic E-state index is 0.0541. The molecule has 2 amide bonds. The van der Waals surface area contributed by atoms with E-state index in [-0.39, 0.29) is 23.5 Å². The molecule has 0 atom stereocenters. The molecule has 8 heteroatoms. The molecule has 4 rings (SSSR count). The highest BCUT2D eigenvalue weighted by Crippen LogP contribution is 2.40. The van der Waals surface area contributed by atoms with E-state index < -0.39 is 4.92 Å². The molecule has 0 bridgehead atoms. The van der Waals surface area contributed by atoms with Gasteiger partial charge < -0.3 is 4.42 Å². The number of carbonyl (C=O) groups is 2. The topological polar surface area (TPSA) is 93.7 Å². The van der Waals surface area contributed by atoms with E-state index in [9.17, 15) is 19.7 Å². The number of hydrogen-bond acceptors (Lipinski definition) is 6. The fourth-order valence-electron chi connectivity index (χ4n) is 4.05. The Morgan fingerprint density at radius 3 is 2.33 bits per heavy atom. The van der Waals surface area contributed by atoms with Crippen molar-refractivity contribution in [2.45, 2.75) is 50.3 Å². The van der Waals surface area contributed by atoms with Crippen molar-refractivity contribution in [1.29, 1.82) is 0 Å². The second kappa shape index (κ2) is 8.87. The molecule has 0 saturated heterocycles. The average molecular weight is 426 g/mol. The summed E-state index contributed by atoms with van der Waals surface area (Å²) in [6, 6.07) is 9.32. The standard InChI is InChI=1S/C22H22N2O5S/c25-21-19(15-9-11-17(12-10-15)24(27)28)20(30-14-18-8-5-13-29-18)22(26)23(21)16-6-3-1-2-4-7-16/h5,8-13,16H,1-4,6-7,14H2. The van der Waals surface area contributed by atoms with Crippen LogP contribution < -0.4 is 0 Å². The van der Waals surface area contributed by atoms with Gasteiger partial charge in [0.25, 0.3) is 17.5 Å². The Bertz CT molecular complexity index is 973. The predicted octanol–water partition coefficient (Wildman–Crippen LogP) is 4.92. The minimum atomic E-state index is -0.482. The Balaban J connectivity index is 1.68.